The van der Waals surface area contributed by atoms with Gasteiger partial charge in [0.2, 0.25) is 0 Å². The lowest BCUT2D eigenvalue weighted by Gasteiger charge is -2.04. The number of aromatic amines is 1. The van der Waals surface area contributed by atoms with Crippen molar-refractivity contribution >= 4 is 39.1 Å². The average Bonchev–Trinajstić information content (AvgIpc) is 3.09. The number of hydrogen-bond acceptors (Lipinski definition) is 3. The highest BCUT2D eigenvalue weighted by Crippen LogP contribution is 2.45. The number of alkyl halides is 1. The van der Waals surface area contributed by atoms with Gasteiger partial charge in [-0.1, -0.05) is 44.3 Å². The van der Waals surface area contributed by atoms with Crippen molar-refractivity contribution in [2.45, 2.75) is 24.1 Å². The molecule has 0 aromatic carbocycles. The summed E-state index contributed by atoms with van der Waals surface area (Å²) in [6.45, 7) is 0. The molecule has 1 saturated carbocycles. The summed E-state index contributed by atoms with van der Waals surface area (Å²) in [7, 11) is 0. The second-order valence-corrected chi connectivity index (χ2v) is 5.80. The number of pyridine rings is 1. The second kappa shape index (κ2) is 4.96. The van der Waals surface area contributed by atoms with Crippen molar-refractivity contribution in [2.24, 2.45) is 0 Å². The first-order valence-electron chi connectivity index (χ1n) is 5.75. The summed E-state index contributed by atoms with van der Waals surface area (Å²) in [6.07, 6.45) is 2.23. The lowest BCUT2D eigenvalue weighted by molar-refractivity contribution is 0.385. The maximum atomic E-state index is 11.3. The fraction of sp³-hybridized carbons (Fsp3) is 0.333. The molecule has 2 heterocycles. The molecule has 0 aliphatic heterocycles. The number of aromatic nitrogens is 2. The van der Waals surface area contributed by atoms with Crippen LogP contribution in [-0.4, -0.2) is 10.1 Å². The Labute approximate surface area is 127 Å². The molecule has 7 heteroatoms. The van der Waals surface area contributed by atoms with Gasteiger partial charge in [-0.15, -0.1) is 0 Å². The van der Waals surface area contributed by atoms with Gasteiger partial charge in [-0.3, -0.25) is 4.79 Å². The van der Waals surface area contributed by atoms with Crippen LogP contribution in [-0.2, 0) is 5.33 Å². The van der Waals surface area contributed by atoms with E-state index in [0.717, 1.165) is 24.2 Å². The predicted molar refractivity (Wildman–Crippen MR) is 77.2 cm³/mol. The SMILES string of the molecule is O=c1cc(Cl)c(-c2noc(C3CC3)c2CBr)c(Cl)[nH]1. The van der Waals surface area contributed by atoms with E-state index in [-0.39, 0.29) is 15.7 Å². The van der Waals surface area contributed by atoms with Crippen LogP contribution in [0.1, 0.15) is 30.1 Å². The molecule has 100 valence electrons. The van der Waals surface area contributed by atoms with Crippen molar-refractivity contribution in [1.82, 2.24) is 10.1 Å². The van der Waals surface area contributed by atoms with Crippen molar-refractivity contribution in [3.8, 4) is 11.3 Å². The van der Waals surface area contributed by atoms with Crippen LogP contribution in [0.5, 0.6) is 0 Å². The van der Waals surface area contributed by atoms with Crippen LogP contribution >= 0.6 is 39.1 Å². The second-order valence-electron chi connectivity index (χ2n) is 4.45. The molecule has 2 aromatic rings. The molecule has 19 heavy (non-hydrogen) atoms. The lowest BCUT2D eigenvalue weighted by Crippen LogP contribution is -2.05. The Morgan fingerprint density at radius 2 is 2.21 bits per heavy atom. The summed E-state index contributed by atoms with van der Waals surface area (Å²) in [6, 6.07) is 1.28. The van der Waals surface area contributed by atoms with E-state index in [0.29, 0.717) is 22.5 Å². The number of H-pyrrole nitrogens is 1. The van der Waals surface area contributed by atoms with E-state index in [2.05, 4.69) is 26.1 Å². The van der Waals surface area contributed by atoms with Gasteiger partial charge in [0.05, 0.1) is 10.6 Å². The van der Waals surface area contributed by atoms with Crippen LogP contribution in [0.3, 0.4) is 0 Å². The minimum absolute atomic E-state index is 0.176. The van der Waals surface area contributed by atoms with E-state index in [1.54, 1.807) is 0 Å². The van der Waals surface area contributed by atoms with Gasteiger partial charge in [-0.05, 0) is 12.8 Å². The van der Waals surface area contributed by atoms with Gasteiger partial charge >= 0.3 is 0 Å². The maximum absolute atomic E-state index is 11.3. The van der Waals surface area contributed by atoms with E-state index in [1.165, 1.54) is 6.07 Å². The van der Waals surface area contributed by atoms with Crippen LogP contribution in [0, 0.1) is 0 Å². The zero-order valence-electron chi connectivity index (χ0n) is 9.67. The molecule has 0 atom stereocenters. The summed E-state index contributed by atoms with van der Waals surface area (Å²) >= 11 is 15.6. The van der Waals surface area contributed by atoms with Gasteiger partial charge in [0.15, 0.2) is 0 Å². The first kappa shape index (κ1) is 13.2. The monoisotopic (exact) mass is 362 g/mol. The molecular weight excluding hydrogens is 355 g/mol. The number of rotatable bonds is 3. The highest BCUT2D eigenvalue weighted by molar-refractivity contribution is 9.08. The van der Waals surface area contributed by atoms with Gasteiger partial charge in [-0.25, -0.2) is 0 Å². The van der Waals surface area contributed by atoms with Crippen LogP contribution in [0.2, 0.25) is 10.2 Å². The third-order valence-corrected chi connectivity index (χ3v) is 4.23. The third kappa shape index (κ3) is 2.35. The van der Waals surface area contributed by atoms with Crippen molar-refractivity contribution in [2.75, 3.05) is 0 Å². The predicted octanol–water partition coefficient (Wildman–Crippen LogP) is 4.11. The fourth-order valence-corrected chi connectivity index (χ4v) is 3.19. The van der Waals surface area contributed by atoms with Crippen LogP contribution in [0.15, 0.2) is 15.4 Å². The Hall–Kier alpha value is -0.780. The first-order valence-corrected chi connectivity index (χ1v) is 7.62. The molecule has 1 fully saturated rings. The molecule has 0 unspecified atom stereocenters. The average molecular weight is 364 g/mol. The van der Waals surface area contributed by atoms with Gasteiger partial charge in [0.1, 0.15) is 16.6 Å². The number of halogens is 3. The summed E-state index contributed by atoms with van der Waals surface area (Å²) < 4.78 is 5.42. The van der Waals surface area contributed by atoms with Gasteiger partial charge < -0.3 is 9.51 Å². The minimum Gasteiger partial charge on any atom is -0.360 e. The zero-order chi connectivity index (χ0) is 13.6. The third-order valence-electron chi connectivity index (χ3n) is 3.09. The Balaban J connectivity index is 2.19. The van der Waals surface area contributed by atoms with E-state index in [1.807, 2.05) is 0 Å². The smallest absolute Gasteiger partial charge is 0.250 e. The molecular formula is C12H9BrCl2N2O2. The standard InChI is InChI=1S/C12H9BrCl2N2O2/c13-4-6-10(17-19-11(6)5-1-2-5)9-7(14)3-8(18)16-12(9)15/h3,5H,1-2,4H2,(H,16,18). The molecule has 0 amide bonds. The number of hydrogen-bond donors (Lipinski definition) is 1. The molecule has 1 N–H and O–H groups in total. The topological polar surface area (TPSA) is 58.9 Å². The Morgan fingerprint density at radius 1 is 1.47 bits per heavy atom. The summed E-state index contributed by atoms with van der Waals surface area (Å²) in [4.78, 5) is 13.8. The highest BCUT2D eigenvalue weighted by Gasteiger charge is 2.33. The highest BCUT2D eigenvalue weighted by atomic mass is 79.9. The van der Waals surface area contributed by atoms with Gasteiger partial charge in [-0.2, -0.15) is 0 Å². The molecule has 3 rings (SSSR count). The normalized spacial score (nSPS) is 14.9. The summed E-state index contributed by atoms with van der Waals surface area (Å²) in [5.41, 5.74) is 1.70. The Bertz CT molecular complexity index is 665. The van der Waals surface area contributed by atoms with Crippen LogP contribution < -0.4 is 5.56 Å². The van der Waals surface area contributed by atoms with Crippen molar-refractivity contribution in [3.05, 3.63) is 37.9 Å². The molecule has 1 aliphatic carbocycles. The fourth-order valence-electron chi connectivity index (χ4n) is 2.03. The Morgan fingerprint density at radius 3 is 2.79 bits per heavy atom. The van der Waals surface area contributed by atoms with Crippen molar-refractivity contribution in [3.63, 3.8) is 0 Å². The lowest BCUT2D eigenvalue weighted by atomic mass is 10.1. The quantitative estimate of drug-likeness (QED) is 0.659. The van der Waals surface area contributed by atoms with Crippen LogP contribution in [0.25, 0.3) is 11.3 Å². The minimum atomic E-state index is -0.343. The van der Waals surface area contributed by atoms with Gasteiger partial charge in [0, 0.05) is 22.9 Å². The first-order chi connectivity index (χ1) is 9.11. The van der Waals surface area contributed by atoms with Crippen molar-refractivity contribution < 1.29 is 4.52 Å². The molecule has 2 aromatic heterocycles. The largest absolute Gasteiger partial charge is 0.360 e. The summed E-state index contributed by atoms with van der Waals surface area (Å²) in [5.74, 6) is 1.32. The van der Waals surface area contributed by atoms with Crippen LogP contribution in [0.4, 0.5) is 0 Å². The molecule has 4 nitrogen and oxygen atoms in total. The number of nitrogens with zero attached hydrogens (tertiary/aromatic N) is 1. The van der Waals surface area contributed by atoms with E-state index >= 15 is 0 Å². The molecule has 1 aliphatic rings. The molecule has 0 spiro atoms. The van der Waals surface area contributed by atoms with Gasteiger partial charge in [0.25, 0.3) is 5.56 Å². The molecule has 0 saturated heterocycles. The zero-order valence-corrected chi connectivity index (χ0v) is 12.8. The maximum Gasteiger partial charge on any atom is 0.250 e. The molecule has 0 bridgehead atoms. The molecule has 0 radical (unpaired) electrons. The number of nitrogens with one attached hydrogen (secondary N) is 1. The summed E-state index contributed by atoms with van der Waals surface area (Å²) in [5, 5.41) is 5.12. The van der Waals surface area contributed by atoms with E-state index in [9.17, 15) is 4.79 Å². The van der Waals surface area contributed by atoms with E-state index in [4.69, 9.17) is 27.7 Å². The van der Waals surface area contributed by atoms with Crippen molar-refractivity contribution in [1.29, 1.82) is 0 Å². The Kier molecular flexibility index (Phi) is 3.45. The van der Waals surface area contributed by atoms with E-state index < -0.39 is 0 Å².